The Morgan fingerprint density at radius 2 is 2.13 bits per heavy atom. The topological polar surface area (TPSA) is 78.3 Å². The number of carbonyl (C=O) groups excluding carboxylic acids is 1. The summed E-state index contributed by atoms with van der Waals surface area (Å²) in [5.74, 6) is 1.83. The third-order valence-corrected chi connectivity index (χ3v) is 5.91. The molecule has 1 aliphatic heterocycles. The van der Waals surface area contributed by atoms with E-state index >= 15 is 0 Å². The third-order valence-electron chi connectivity index (χ3n) is 4.60. The van der Waals surface area contributed by atoms with Gasteiger partial charge in [-0.3, -0.25) is 9.36 Å². The van der Waals surface area contributed by atoms with Gasteiger partial charge in [-0.05, 0) is 37.3 Å². The highest BCUT2D eigenvalue weighted by Crippen LogP contribution is 2.36. The molecule has 0 bridgehead atoms. The number of amides is 1. The number of benzene rings is 2. The van der Waals surface area contributed by atoms with Gasteiger partial charge in [0, 0.05) is 17.3 Å². The van der Waals surface area contributed by atoms with Crippen molar-refractivity contribution in [3.05, 3.63) is 72.0 Å². The SMILES string of the molecule is C=CCn1c(SC(C)C(=O)Nc2cccc(Cl)c2)nnc1C1COc2ccccc2O1. The summed E-state index contributed by atoms with van der Waals surface area (Å²) in [6.45, 7) is 6.44. The van der Waals surface area contributed by atoms with Crippen LogP contribution in [0.3, 0.4) is 0 Å². The Bertz CT molecular complexity index is 1100. The number of hydrogen-bond donors (Lipinski definition) is 1. The summed E-state index contributed by atoms with van der Waals surface area (Å²) < 4.78 is 13.8. The molecule has 2 aromatic carbocycles. The number of halogens is 1. The first-order valence-corrected chi connectivity index (χ1v) is 11.0. The van der Waals surface area contributed by atoms with E-state index in [1.54, 1.807) is 30.3 Å². The Kier molecular flexibility index (Phi) is 6.48. The van der Waals surface area contributed by atoms with Crippen molar-refractivity contribution in [2.24, 2.45) is 0 Å². The number of allylic oxidation sites excluding steroid dienone is 1. The second-order valence-electron chi connectivity index (χ2n) is 6.86. The molecule has 2 heterocycles. The number of ether oxygens (including phenoxy) is 2. The fourth-order valence-electron chi connectivity index (χ4n) is 3.09. The normalized spacial score (nSPS) is 15.9. The highest BCUT2D eigenvalue weighted by molar-refractivity contribution is 8.00. The molecule has 1 aliphatic rings. The van der Waals surface area contributed by atoms with E-state index in [2.05, 4.69) is 22.1 Å². The molecule has 7 nitrogen and oxygen atoms in total. The Morgan fingerprint density at radius 3 is 2.90 bits per heavy atom. The number of rotatable bonds is 7. The first-order chi connectivity index (χ1) is 15.0. The lowest BCUT2D eigenvalue weighted by molar-refractivity contribution is -0.115. The number of carbonyl (C=O) groups is 1. The van der Waals surface area contributed by atoms with Crippen molar-refractivity contribution in [2.45, 2.75) is 30.0 Å². The number of fused-ring (bicyclic) bond motifs is 1. The zero-order valence-corrected chi connectivity index (χ0v) is 18.4. The first-order valence-electron chi connectivity index (χ1n) is 9.70. The molecule has 1 aromatic heterocycles. The maximum atomic E-state index is 12.6. The number of thioether (sulfide) groups is 1. The van der Waals surface area contributed by atoms with Gasteiger partial charge in [-0.25, -0.2) is 0 Å². The fourth-order valence-corrected chi connectivity index (χ4v) is 4.15. The van der Waals surface area contributed by atoms with E-state index in [0.717, 1.165) is 0 Å². The molecule has 31 heavy (non-hydrogen) atoms. The molecule has 4 rings (SSSR count). The summed E-state index contributed by atoms with van der Waals surface area (Å²) in [4.78, 5) is 12.6. The number of para-hydroxylation sites is 2. The van der Waals surface area contributed by atoms with E-state index < -0.39 is 11.4 Å². The molecule has 0 aliphatic carbocycles. The Morgan fingerprint density at radius 1 is 1.32 bits per heavy atom. The lowest BCUT2D eigenvalue weighted by Crippen LogP contribution is -2.25. The van der Waals surface area contributed by atoms with Gasteiger partial charge in [0.05, 0.1) is 5.25 Å². The summed E-state index contributed by atoms with van der Waals surface area (Å²) in [6, 6.07) is 14.5. The summed E-state index contributed by atoms with van der Waals surface area (Å²) in [5.41, 5.74) is 0.643. The summed E-state index contributed by atoms with van der Waals surface area (Å²) in [6.07, 6.45) is 1.35. The quantitative estimate of drug-likeness (QED) is 0.408. The monoisotopic (exact) mass is 456 g/mol. The van der Waals surface area contributed by atoms with Crippen LogP contribution < -0.4 is 14.8 Å². The minimum Gasteiger partial charge on any atom is -0.485 e. The molecule has 9 heteroatoms. The highest BCUT2D eigenvalue weighted by Gasteiger charge is 2.29. The van der Waals surface area contributed by atoms with Crippen LogP contribution in [-0.4, -0.2) is 32.5 Å². The van der Waals surface area contributed by atoms with Crippen LogP contribution in [0.5, 0.6) is 11.5 Å². The molecular weight excluding hydrogens is 436 g/mol. The van der Waals surface area contributed by atoms with Gasteiger partial charge in [-0.2, -0.15) is 0 Å². The van der Waals surface area contributed by atoms with Gasteiger partial charge in [-0.15, -0.1) is 16.8 Å². The molecule has 3 aromatic rings. The van der Waals surface area contributed by atoms with Gasteiger partial charge in [0.1, 0.15) is 6.61 Å². The first kappa shape index (κ1) is 21.3. The number of anilines is 1. The summed E-state index contributed by atoms with van der Waals surface area (Å²) in [7, 11) is 0. The standard InChI is InChI=1S/C22H21ClN4O3S/c1-3-11-27-20(19-13-29-17-9-4-5-10-18(17)30-19)25-26-22(27)31-14(2)21(28)24-16-8-6-7-15(23)12-16/h3-10,12,14,19H,1,11,13H2,2H3,(H,24,28). The van der Waals surface area contributed by atoms with Gasteiger partial charge in [0.15, 0.2) is 28.6 Å². The molecule has 1 N–H and O–H groups in total. The number of aromatic nitrogens is 3. The van der Waals surface area contributed by atoms with E-state index in [-0.39, 0.29) is 5.91 Å². The van der Waals surface area contributed by atoms with Crippen molar-refractivity contribution < 1.29 is 14.3 Å². The number of hydrogen-bond acceptors (Lipinski definition) is 6. The van der Waals surface area contributed by atoms with Gasteiger partial charge >= 0.3 is 0 Å². The molecule has 0 spiro atoms. The van der Waals surface area contributed by atoms with Crippen molar-refractivity contribution in [1.29, 1.82) is 0 Å². The zero-order chi connectivity index (χ0) is 21.8. The summed E-state index contributed by atoms with van der Waals surface area (Å²) in [5, 5.41) is 12.2. The fraction of sp³-hybridized carbons (Fsp3) is 0.227. The van der Waals surface area contributed by atoms with Crippen LogP contribution in [0.25, 0.3) is 0 Å². The molecule has 1 amide bonds. The van der Waals surface area contributed by atoms with Crippen LogP contribution in [0.1, 0.15) is 18.9 Å². The van der Waals surface area contributed by atoms with E-state index in [1.165, 1.54) is 11.8 Å². The second kappa shape index (κ2) is 9.45. The maximum Gasteiger partial charge on any atom is 0.237 e. The van der Waals surface area contributed by atoms with Crippen LogP contribution >= 0.6 is 23.4 Å². The Hall–Kier alpha value is -2.97. The van der Waals surface area contributed by atoms with Crippen molar-refractivity contribution >= 4 is 35.0 Å². The Labute approximate surface area is 189 Å². The summed E-state index contributed by atoms with van der Waals surface area (Å²) >= 11 is 7.30. The molecule has 2 atom stereocenters. The van der Waals surface area contributed by atoms with Gasteiger partial charge in [0.25, 0.3) is 0 Å². The predicted octanol–water partition coefficient (Wildman–Crippen LogP) is 4.75. The average molecular weight is 457 g/mol. The predicted molar refractivity (Wildman–Crippen MR) is 121 cm³/mol. The molecule has 0 radical (unpaired) electrons. The van der Waals surface area contributed by atoms with E-state index in [1.807, 2.05) is 35.8 Å². The average Bonchev–Trinajstić information content (AvgIpc) is 3.16. The molecule has 0 fully saturated rings. The van der Waals surface area contributed by atoms with Crippen molar-refractivity contribution in [1.82, 2.24) is 14.8 Å². The lowest BCUT2D eigenvalue weighted by Gasteiger charge is -2.26. The smallest absolute Gasteiger partial charge is 0.237 e. The van der Waals surface area contributed by atoms with Crippen LogP contribution in [0.4, 0.5) is 5.69 Å². The maximum absolute atomic E-state index is 12.6. The van der Waals surface area contributed by atoms with Crippen LogP contribution in [0.15, 0.2) is 66.3 Å². The second-order valence-corrected chi connectivity index (χ2v) is 8.61. The van der Waals surface area contributed by atoms with Crippen molar-refractivity contribution in [3.8, 4) is 11.5 Å². The zero-order valence-electron chi connectivity index (χ0n) is 16.8. The molecule has 2 unspecified atom stereocenters. The minimum atomic E-state index is -0.413. The van der Waals surface area contributed by atoms with Crippen LogP contribution in [-0.2, 0) is 11.3 Å². The molecule has 160 valence electrons. The molecule has 0 saturated carbocycles. The van der Waals surface area contributed by atoms with Gasteiger partial charge < -0.3 is 14.8 Å². The molecule has 0 saturated heterocycles. The van der Waals surface area contributed by atoms with Crippen molar-refractivity contribution in [3.63, 3.8) is 0 Å². The van der Waals surface area contributed by atoms with E-state index in [9.17, 15) is 4.79 Å². The molecular formula is C22H21ClN4O3S. The van der Waals surface area contributed by atoms with E-state index in [4.69, 9.17) is 21.1 Å². The minimum absolute atomic E-state index is 0.159. The van der Waals surface area contributed by atoms with E-state index in [0.29, 0.717) is 46.3 Å². The number of nitrogens with one attached hydrogen (secondary N) is 1. The van der Waals surface area contributed by atoms with Crippen LogP contribution in [0, 0.1) is 0 Å². The van der Waals surface area contributed by atoms with Gasteiger partial charge in [-0.1, -0.05) is 47.6 Å². The number of nitrogens with zero attached hydrogens (tertiary/aromatic N) is 3. The highest BCUT2D eigenvalue weighted by atomic mass is 35.5. The third kappa shape index (κ3) is 4.86. The van der Waals surface area contributed by atoms with Crippen LogP contribution in [0.2, 0.25) is 5.02 Å². The van der Waals surface area contributed by atoms with Gasteiger partial charge in [0.2, 0.25) is 5.91 Å². The largest absolute Gasteiger partial charge is 0.485 e. The van der Waals surface area contributed by atoms with Crippen molar-refractivity contribution in [2.75, 3.05) is 11.9 Å². The Balaban J connectivity index is 1.49. The lowest BCUT2D eigenvalue weighted by atomic mass is 10.2.